The number of rotatable bonds is 4. The molecule has 1 aliphatic heterocycles. The Balaban J connectivity index is 1.67. The van der Waals surface area contributed by atoms with Gasteiger partial charge >= 0.3 is 0 Å². The zero-order valence-corrected chi connectivity index (χ0v) is 14.5. The standard InChI is InChI=1S/C17H18FN3O3S/c1-21(15-8-9-25(23,24)11-15)16-7-2-12(10-19-16)17(22)20-14-5-3-13(18)4-6-14/h2-7,10,15H,8-9,11H2,1H3,(H,20,22). The minimum Gasteiger partial charge on any atom is -0.356 e. The van der Waals surface area contributed by atoms with Crippen molar-refractivity contribution in [2.24, 2.45) is 0 Å². The molecule has 1 fully saturated rings. The Morgan fingerprint density at radius 3 is 2.52 bits per heavy atom. The molecule has 1 unspecified atom stereocenters. The van der Waals surface area contributed by atoms with Crippen LogP contribution in [-0.2, 0) is 9.84 Å². The smallest absolute Gasteiger partial charge is 0.257 e. The second-order valence-corrected chi connectivity index (χ2v) is 8.26. The second kappa shape index (κ2) is 6.79. The third kappa shape index (κ3) is 4.14. The quantitative estimate of drug-likeness (QED) is 0.900. The van der Waals surface area contributed by atoms with E-state index in [4.69, 9.17) is 0 Å². The summed E-state index contributed by atoms with van der Waals surface area (Å²) in [6, 6.07) is 8.69. The van der Waals surface area contributed by atoms with Crippen molar-refractivity contribution in [3.63, 3.8) is 0 Å². The van der Waals surface area contributed by atoms with E-state index in [1.807, 2.05) is 4.90 Å². The summed E-state index contributed by atoms with van der Waals surface area (Å²) in [6.07, 6.45) is 2.02. The maximum Gasteiger partial charge on any atom is 0.257 e. The van der Waals surface area contributed by atoms with Crippen LogP contribution in [0.15, 0.2) is 42.6 Å². The Morgan fingerprint density at radius 2 is 1.96 bits per heavy atom. The summed E-state index contributed by atoms with van der Waals surface area (Å²) < 4.78 is 36.1. The van der Waals surface area contributed by atoms with Gasteiger partial charge < -0.3 is 10.2 Å². The van der Waals surface area contributed by atoms with E-state index in [0.717, 1.165) is 0 Å². The number of nitrogens with one attached hydrogen (secondary N) is 1. The van der Waals surface area contributed by atoms with Crippen LogP contribution in [0.25, 0.3) is 0 Å². The first-order chi connectivity index (χ1) is 11.8. The zero-order chi connectivity index (χ0) is 18.0. The average Bonchev–Trinajstić information content (AvgIpc) is 2.96. The van der Waals surface area contributed by atoms with Crippen molar-refractivity contribution in [1.29, 1.82) is 0 Å². The van der Waals surface area contributed by atoms with Crippen molar-refractivity contribution >= 4 is 27.2 Å². The van der Waals surface area contributed by atoms with E-state index in [0.29, 0.717) is 23.5 Å². The molecule has 2 aromatic rings. The molecule has 2 heterocycles. The largest absolute Gasteiger partial charge is 0.356 e. The fraction of sp³-hybridized carbons (Fsp3) is 0.294. The van der Waals surface area contributed by atoms with Crippen LogP contribution in [0, 0.1) is 5.82 Å². The van der Waals surface area contributed by atoms with Crippen molar-refractivity contribution in [2.75, 3.05) is 28.8 Å². The average molecular weight is 363 g/mol. The third-order valence-electron chi connectivity index (χ3n) is 4.23. The van der Waals surface area contributed by atoms with Gasteiger partial charge in [0.25, 0.3) is 5.91 Å². The van der Waals surface area contributed by atoms with Gasteiger partial charge in [-0.3, -0.25) is 4.79 Å². The number of sulfone groups is 1. The molecule has 0 saturated carbocycles. The summed E-state index contributed by atoms with van der Waals surface area (Å²) in [5.74, 6) is 0.205. The molecule has 0 aliphatic carbocycles. The van der Waals surface area contributed by atoms with Crippen molar-refractivity contribution in [3.05, 3.63) is 54.0 Å². The predicted molar refractivity (Wildman–Crippen MR) is 94.1 cm³/mol. The normalized spacial score (nSPS) is 18.7. The summed E-state index contributed by atoms with van der Waals surface area (Å²) in [7, 11) is -1.17. The van der Waals surface area contributed by atoms with E-state index in [1.165, 1.54) is 30.5 Å². The number of benzene rings is 1. The molecular weight excluding hydrogens is 345 g/mol. The molecule has 1 amide bonds. The molecule has 6 nitrogen and oxygen atoms in total. The van der Waals surface area contributed by atoms with Crippen molar-refractivity contribution in [2.45, 2.75) is 12.5 Å². The summed E-state index contributed by atoms with van der Waals surface area (Å²) >= 11 is 0. The Hall–Kier alpha value is -2.48. The van der Waals surface area contributed by atoms with Gasteiger partial charge in [-0.15, -0.1) is 0 Å². The highest BCUT2D eigenvalue weighted by atomic mass is 32.2. The molecular formula is C17H18FN3O3S. The first-order valence-corrected chi connectivity index (χ1v) is 9.62. The molecule has 1 N–H and O–H groups in total. The summed E-state index contributed by atoms with van der Waals surface area (Å²) in [6.45, 7) is 0. The van der Waals surface area contributed by atoms with E-state index in [1.54, 1.807) is 19.2 Å². The van der Waals surface area contributed by atoms with Gasteiger partial charge in [0.05, 0.1) is 17.1 Å². The van der Waals surface area contributed by atoms with Crippen molar-refractivity contribution in [1.82, 2.24) is 4.98 Å². The Morgan fingerprint density at radius 1 is 1.24 bits per heavy atom. The van der Waals surface area contributed by atoms with Crippen LogP contribution < -0.4 is 10.2 Å². The highest BCUT2D eigenvalue weighted by molar-refractivity contribution is 7.91. The van der Waals surface area contributed by atoms with Crippen LogP contribution in [0.3, 0.4) is 0 Å². The zero-order valence-electron chi connectivity index (χ0n) is 13.6. The molecule has 0 bridgehead atoms. The van der Waals surface area contributed by atoms with Gasteiger partial charge in [0, 0.05) is 25.0 Å². The van der Waals surface area contributed by atoms with Crippen LogP contribution in [0.4, 0.5) is 15.9 Å². The van der Waals surface area contributed by atoms with Crippen LogP contribution in [-0.4, -0.2) is 43.9 Å². The van der Waals surface area contributed by atoms with Gasteiger partial charge in [0.2, 0.25) is 0 Å². The van der Waals surface area contributed by atoms with E-state index in [2.05, 4.69) is 10.3 Å². The van der Waals surface area contributed by atoms with Crippen LogP contribution in [0.5, 0.6) is 0 Å². The number of hydrogen-bond acceptors (Lipinski definition) is 5. The topological polar surface area (TPSA) is 79.4 Å². The number of anilines is 2. The number of aromatic nitrogens is 1. The molecule has 1 saturated heterocycles. The van der Waals surface area contributed by atoms with Crippen LogP contribution in [0.1, 0.15) is 16.8 Å². The molecule has 8 heteroatoms. The molecule has 3 rings (SSSR count). The molecule has 25 heavy (non-hydrogen) atoms. The van der Waals surface area contributed by atoms with Gasteiger partial charge in [0.1, 0.15) is 11.6 Å². The summed E-state index contributed by atoms with van der Waals surface area (Å²) in [4.78, 5) is 18.3. The number of nitrogens with zero attached hydrogens (tertiary/aromatic N) is 2. The van der Waals surface area contributed by atoms with E-state index >= 15 is 0 Å². The fourth-order valence-electron chi connectivity index (χ4n) is 2.73. The molecule has 1 aliphatic rings. The van der Waals surface area contributed by atoms with Gasteiger partial charge in [-0.2, -0.15) is 0 Å². The van der Waals surface area contributed by atoms with E-state index in [-0.39, 0.29) is 29.3 Å². The van der Waals surface area contributed by atoms with Crippen LogP contribution >= 0.6 is 0 Å². The molecule has 0 radical (unpaired) electrons. The Bertz CT molecular complexity index is 867. The minimum atomic E-state index is -2.97. The highest BCUT2D eigenvalue weighted by Gasteiger charge is 2.31. The lowest BCUT2D eigenvalue weighted by atomic mass is 10.2. The lowest BCUT2D eigenvalue weighted by Gasteiger charge is -2.24. The SMILES string of the molecule is CN(c1ccc(C(=O)Nc2ccc(F)cc2)cn1)C1CCS(=O)(=O)C1. The molecule has 132 valence electrons. The maximum atomic E-state index is 12.9. The first kappa shape index (κ1) is 17.3. The second-order valence-electron chi connectivity index (χ2n) is 6.03. The van der Waals surface area contributed by atoms with E-state index < -0.39 is 9.84 Å². The fourth-order valence-corrected chi connectivity index (χ4v) is 4.51. The first-order valence-electron chi connectivity index (χ1n) is 7.80. The number of amides is 1. The van der Waals surface area contributed by atoms with Crippen molar-refractivity contribution in [3.8, 4) is 0 Å². The number of carbonyl (C=O) groups is 1. The minimum absolute atomic E-state index is 0.101. The number of pyridine rings is 1. The monoisotopic (exact) mass is 363 g/mol. The molecule has 1 atom stereocenters. The number of halogens is 1. The van der Waals surface area contributed by atoms with Crippen molar-refractivity contribution < 1.29 is 17.6 Å². The lowest BCUT2D eigenvalue weighted by Crippen LogP contribution is -2.33. The predicted octanol–water partition coefficient (Wildman–Crippen LogP) is 2.10. The summed E-state index contributed by atoms with van der Waals surface area (Å²) in [5.41, 5.74) is 0.851. The third-order valence-corrected chi connectivity index (χ3v) is 5.98. The molecule has 1 aromatic carbocycles. The lowest BCUT2D eigenvalue weighted by molar-refractivity contribution is 0.102. The Labute approximate surface area is 145 Å². The van der Waals surface area contributed by atoms with E-state index in [9.17, 15) is 17.6 Å². The molecule has 1 aromatic heterocycles. The number of hydrogen-bond donors (Lipinski definition) is 1. The maximum absolute atomic E-state index is 12.9. The van der Waals surface area contributed by atoms with Gasteiger partial charge in [-0.25, -0.2) is 17.8 Å². The number of carbonyl (C=O) groups excluding carboxylic acids is 1. The highest BCUT2D eigenvalue weighted by Crippen LogP contribution is 2.21. The van der Waals surface area contributed by atoms with Crippen LogP contribution in [0.2, 0.25) is 0 Å². The van der Waals surface area contributed by atoms with Gasteiger partial charge in [0.15, 0.2) is 9.84 Å². The van der Waals surface area contributed by atoms with Gasteiger partial charge in [-0.05, 0) is 42.8 Å². The Kier molecular flexibility index (Phi) is 4.71. The van der Waals surface area contributed by atoms with Gasteiger partial charge in [-0.1, -0.05) is 0 Å². The molecule has 0 spiro atoms. The summed E-state index contributed by atoms with van der Waals surface area (Å²) in [5, 5.41) is 2.66.